The van der Waals surface area contributed by atoms with Crippen molar-refractivity contribution in [3.63, 3.8) is 0 Å². The van der Waals surface area contributed by atoms with Crippen LogP contribution in [0.25, 0.3) is 0 Å². The van der Waals surface area contributed by atoms with Crippen LogP contribution in [0.1, 0.15) is 41.5 Å². The second kappa shape index (κ2) is 11.6. The fraction of sp³-hybridized carbons (Fsp3) is 0.345. The maximum atomic E-state index is 13.8. The summed E-state index contributed by atoms with van der Waals surface area (Å²) in [4.78, 5) is 13.3. The SMILES string of the molecule is O=C(N[C@@H]1CCC(F)(F)C1)NC(Cc1ccccc1)(c1cccc(CC(F)(F)F)c1)c1cccc(OC(F)(F)F)c1. The molecule has 2 N–H and O–H groups in total. The van der Waals surface area contributed by atoms with Crippen LogP contribution in [0.3, 0.4) is 0 Å². The van der Waals surface area contributed by atoms with Gasteiger partial charge in [-0.3, -0.25) is 0 Å². The van der Waals surface area contributed by atoms with Gasteiger partial charge in [0, 0.05) is 25.3 Å². The molecule has 0 spiro atoms. The highest BCUT2D eigenvalue weighted by atomic mass is 19.4. The molecule has 1 saturated carbocycles. The first-order valence-electron chi connectivity index (χ1n) is 12.7. The number of halogens is 8. The number of amides is 2. The molecule has 0 aromatic heterocycles. The molecule has 3 aromatic carbocycles. The minimum absolute atomic E-state index is 0.00206. The molecule has 1 unspecified atom stereocenters. The van der Waals surface area contributed by atoms with Gasteiger partial charge in [-0.1, -0.05) is 66.7 Å². The minimum Gasteiger partial charge on any atom is -0.406 e. The van der Waals surface area contributed by atoms with Crippen molar-refractivity contribution in [3.05, 3.63) is 101 Å². The topological polar surface area (TPSA) is 50.4 Å². The molecule has 0 bridgehead atoms. The Labute approximate surface area is 230 Å². The van der Waals surface area contributed by atoms with E-state index in [0.29, 0.717) is 5.56 Å². The van der Waals surface area contributed by atoms with Crippen LogP contribution in [0.4, 0.5) is 39.9 Å². The zero-order chi connectivity index (χ0) is 29.9. The maximum Gasteiger partial charge on any atom is 0.573 e. The van der Waals surface area contributed by atoms with E-state index in [4.69, 9.17) is 0 Å². The Morgan fingerprint density at radius 2 is 1.46 bits per heavy atom. The summed E-state index contributed by atoms with van der Waals surface area (Å²) in [6, 6.07) is 16.7. The van der Waals surface area contributed by atoms with E-state index in [1.54, 1.807) is 30.3 Å². The number of rotatable bonds is 8. The Bertz CT molecular complexity index is 1280. The standard InChI is InChI=1S/C29H26F8N2O2/c30-26(31)13-12-23(18-26)38-25(40)39-27(16-19-6-2-1-3-7-19,21-9-4-8-20(14-21)17-28(32,33)34)22-10-5-11-24(15-22)41-29(35,36)37/h1-11,14-15,23H,12-13,16-18H2,(H2,38,39,40)/t23-,27?/m1/s1. The van der Waals surface area contributed by atoms with Crippen molar-refractivity contribution in [2.24, 2.45) is 0 Å². The van der Waals surface area contributed by atoms with Crippen LogP contribution in [-0.2, 0) is 18.4 Å². The predicted octanol–water partition coefficient (Wildman–Crippen LogP) is 7.66. The Balaban J connectivity index is 1.85. The molecule has 1 fully saturated rings. The molecule has 0 radical (unpaired) electrons. The van der Waals surface area contributed by atoms with E-state index in [9.17, 15) is 39.9 Å². The number of urea groups is 1. The summed E-state index contributed by atoms with van der Waals surface area (Å²) in [5, 5.41) is 5.23. The number of ether oxygens (including phenoxy) is 1. The highest BCUT2D eigenvalue weighted by Gasteiger charge is 2.42. The highest BCUT2D eigenvalue weighted by molar-refractivity contribution is 5.76. The summed E-state index contributed by atoms with van der Waals surface area (Å²) in [5.41, 5.74) is -1.09. The minimum atomic E-state index is -5.04. The fourth-order valence-corrected chi connectivity index (χ4v) is 5.09. The molecule has 41 heavy (non-hydrogen) atoms. The lowest BCUT2D eigenvalue weighted by atomic mass is 9.77. The predicted molar refractivity (Wildman–Crippen MR) is 135 cm³/mol. The molecule has 0 aliphatic heterocycles. The maximum absolute atomic E-state index is 13.8. The normalized spacial score (nSPS) is 18.4. The van der Waals surface area contributed by atoms with Crippen LogP contribution >= 0.6 is 0 Å². The van der Waals surface area contributed by atoms with E-state index < -0.39 is 61.1 Å². The van der Waals surface area contributed by atoms with E-state index in [2.05, 4.69) is 15.4 Å². The lowest BCUT2D eigenvalue weighted by Crippen LogP contribution is -2.53. The Kier molecular flexibility index (Phi) is 8.51. The third-order valence-corrected chi connectivity index (χ3v) is 6.76. The van der Waals surface area contributed by atoms with Gasteiger partial charge in [0.05, 0.1) is 12.0 Å². The van der Waals surface area contributed by atoms with Crippen molar-refractivity contribution in [2.45, 2.75) is 62.1 Å². The molecule has 0 saturated heterocycles. The summed E-state index contributed by atoms with van der Waals surface area (Å²) < 4.78 is 111. The number of carbonyl (C=O) groups is 1. The number of hydrogen-bond acceptors (Lipinski definition) is 2. The van der Waals surface area contributed by atoms with E-state index in [0.717, 1.165) is 12.1 Å². The first-order valence-corrected chi connectivity index (χ1v) is 12.7. The van der Waals surface area contributed by atoms with Crippen molar-refractivity contribution < 1.29 is 44.7 Å². The van der Waals surface area contributed by atoms with Crippen LogP contribution in [0.2, 0.25) is 0 Å². The van der Waals surface area contributed by atoms with Crippen LogP contribution in [0, 0.1) is 0 Å². The van der Waals surface area contributed by atoms with Gasteiger partial charge >= 0.3 is 18.6 Å². The monoisotopic (exact) mass is 586 g/mol. The summed E-state index contributed by atoms with van der Waals surface area (Å²) in [5.74, 6) is -3.58. The van der Waals surface area contributed by atoms with Gasteiger partial charge in [-0.15, -0.1) is 13.2 Å². The van der Waals surface area contributed by atoms with E-state index >= 15 is 0 Å². The van der Waals surface area contributed by atoms with Crippen molar-refractivity contribution in [1.82, 2.24) is 10.6 Å². The van der Waals surface area contributed by atoms with Crippen molar-refractivity contribution in [2.75, 3.05) is 0 Å². The summed E-state index contributed by atoms with van der Waals surface area (Å²) in [6.07, 6.45) is -12.0. The first-order chi connectivity index (χ1) is 19.1. The Morgan fingerprint density at radius 3 is 2.07 bits per heavy atom. The van der Waals surface area contributed by atoms with Crippen LogP contribution < -0.4 is 15.4 Å². The smallest absolute Gasteiger partial charge is 0.406 e. The van der Waals surface area contributed by atoms with Gasteiger partial charge in [0.2, 0.25) is 5.92 Å². The van der Waals surface area contributed by atoms with Gasteiger partial charge in [0.15, 0.2) is 0 Å². The fourth-order valence-electron chi connectivity index (χ4n) is 5.09. The molecule has 1 aliphatic rings. The lowest BCUT2D eigenvalue weighted by molar-refractivity contribution is -0.274. The average molecular weight is 587 g/mol. The van der Waals surface area contributed by atoms with Gasteiger partial charge in [-0.05, 0) is 40.8 Å². The van der Waals surface area contributed by atoms with Crippen molar-refractivity contribution in [3.8, 4) is 5.75 Å². The summed E-state index contributed by atoms with van der Waals surface area (Å²) in [7, 11) is 0. The Hall–Kier alpha value is -3.83. The molecule has 2 atom stereocenters. The molecule has 12 heteroatoms. The quantitative estimate of drug-likeness (QED) is 0.266. The molecule has 1 aliphatic carbocycles. The third-order valence-electron chi connectivity index (χ3n) is 6.76. The molecule has 2 amide bonds. The molecule has 220 valence electrons. The van der Waals surface area contributed by atoms with Crippen LogP contribution in [0.15, 0.2) is 78.9 Å². The van der Waals surface area contributed by atoms with Crippen molar-refractivity contribution >= 4 is 6.03 Å². The second-order valence-corrected chi connectivity index (χ2v) is 10.0. The number of hydrogen-bond donors (Lipinski definition) is 2. The van der Waals surface area contributed by atoms with Crippen molar-refractivity contribution in [1.29, 1.82) is 0 Å². The Morgan fingerprint density at radius 1 is 0.829 bits per heavy atom. The van der Waals surface area contributed by atoms with E-state index in [1.165, 1.54) is 36.4 Å². The highest BCUT2D eigenvalue weighted by Crippen LogP contribution is 2.38. The number of alkyl halides is 8. The van der Waals surface area contributed by atoms with Gasteiger partial charge in [0.25, 0.3) is 0 Å². The number of nitrogens with one attached hydrogen (secondary N) is 2. The van der Waals surface area contributed by atoms with Crippen LogP contribution in [-0.4, -0.2) is 30.5 Å². The molecule has 4 nitrogen and oxygen atoms in total. The van der Waals surface area contributed by atoms with Gasteiger partial charge in [-0.25, -0.2) is 13.6 Å². The largest absolute Gasteiger partial charge is 0.573 e. The first kappa shape index (κ1) is 30.1. The van der Waals surface area contributed by atoms with E-state index in [1.807, 2.05) is 0 Å². The molecule has 3 aromatic rings. The molecule has 0 heterocycles. The summed E-state index contributed by atoms with van der Waals surface area (Å²) >= 11 is 0. The third kappa shape index (κ3) is 8.34. The number of carbonyl (C=O) groups excluding carboxylic acids is 1. The zero-order valence-corrected chi connectivity index (χ0v) is 21.5. The average Bonchev–Trinajstić information content (AvgIpc) is 3.20. The molecular weight excluding hydrogens is 560 g/mol. The van der Waals surface area contributed by atoms with Gasteiger partial charge in [0.1, 0.15) is 5.75 Å². The van der Waals surface area contributed by atoms with E-state index in [-0.39, 0.29) is 29.5 Å². The lowest BCUT2D eigenvalue weighted by Gasteiger charge is -2.37. The second-order valence-electron chi connectivity index (χ2n) is 10.0. The zero-order valence-electron chi connectivity index (χ0n) is 21.5. The summed E-state index contributed by atoms with van der Waals surface area (Å²) in [6.45, 7) is 0. The molecule has 4 rings (SSSR count). The van der Waals surface area contributed by atoms with Gasteiger partial charge in [-0.2, -0.15) is 13.2 Å². The van der Waals surface area contributed by atoms with Gasteiger partial charge < -0.3 is 15.4 Å². The molecular formula is C29H26F8N2O2. The number of benzene rings is 3. The van der Waals surface area contributed by atoms with Crippen LogP contribution in [0.5, 0.6) is 5.75 Å².